The number of para-hydroxylation sites is 3. The lowest BCUT2D eigenvalue weighted by Crippen LogP contribution is -2.05. The van der Waals surface area contributed by atoms with Crippen LogP contribution in [0.2, 0.25) is 0 Å². The molecule has 0 aliphatic rings. The van der Waals surface area contributed by atoms with Crippen molar-refractivity contribution >= 4 is 43.6 Å². The molecule has 7 heteroatoms. The van der Waals surface area contributed by atoms with Crippen LogP contribution in [0.3, 0.4) is 0 Å². The molecule has 7 aromatic carbocycles. The monoisotopic (exact) mass is 706 g/mol. The summed E-state index contributed by atoms with van der Waals surface area (Å²) in [6.45, 7) is 0. The Kier molecular flexibility index (Phi) is 7.23. The Morgan fingerprint density at radius 2 is 0.815 bits per heavy atom. The van der Waals surface area contributed by atoms with Gasteiger partial charge >= 0.3 is 6.18 Å². The zero-order valence-electron chi connectivity index (χ0n) is 28.7. The van der Waals surface area contributed by atoms with Gasteiger partial charge in [-0.2, -0.15) is 13.2 Å². The van der Waals surface area contributed by atoms with E-state index in [9.17, 15) is 13.2 Å². The molecule has 0 saturated heterocycles. The molecule has 0 saturated carbocycles. The maximum absolute atomic E-state index is 13.5. The van der Waals surface area contributed by atoms with Crippen molar-refractivity contribution in [3.05, 3.63) is 181 Å². The number of alkyl halides is 3. The smallest absolute Gasteiger partial charge is 0.309 e. The molecule has 0 aliphatic heterocycles. The Morgan fingerprint density at radius 1 is 0.370 bits per heavy atom. The predicted octanol–water partition coefficient (Wildman–Crippen LogP) is 12.7. The standard InChI is InChI=1S/C47H29F3N4/c48-47(49,50)34-23-19-31(20-24-34)41-29-40(30-11-3-1-4-12-30)51-46(52-41)54-43-18-10-8-16-37(43)39-28-33(22-26-45(39)54)32-21-25-44-38(27-32)36-15-7-9-17-42(36)53(44)35-13-5-2-6-14-35/h1-29H. The van der Waals surface area contributed by atoms with Crippen LogP contribution < -0.4 is 0 Å². The third-order valence-electron chi connectivity index (χ3n) is 10.2. The Labute approximate surface area is 308 Å². The van der Waals surface area contributed by atoms with Crippen molar-refractivity contribution in [2.45, 2.75) is 6.18 Å². The van der Waals surface area contributed by atoms with Crippen molar-refractivity contribution in [2.75, 3.05) is 0 Å². The fraction of sp³-hybridized carbons (Fsp3) is 0.0213. The zero-order valence-corrected chi connectivity index (χ0v) is 28.7. The van der Waals surface area contributed by atoms with Gasteiger partial charge in [-0.1, -0.05) is 109 Å². The summed E-state index contributed by atoms with van der Waals surface area (Å²) in [5, 5.41) is 4.45. The molecule has 258 valence electrons. The Hall–Kier alpha value is -6.99. The van der Waals surface area contributed by atoms with E-state index in [2.05, 4.69) is 102 Å². The number of rotatable bonds is 5. The molecule has 0 aliphatic carbocycles. The highest BCUT2D eigenvalue weighted by molar-refractivity contribution is 6.12. The van der Waals surface area contributed by atoms with E-state index in [4.69, 9.17) is 9.97 Å². The highest BCUT2D eigenvalue weighted by Gasteiger charge is 2.30. The molecular weight excluding hydrogens is 678 g/mol. The zero-order chi connectivity index (χ0) is 36.4. The summed E-state index contributed by atoms with van der Waals surface area (Å²) in [4.78, 5) is 10.1. The molecule has 0 bridgehead atoms. The molecule has 0 atom stereocenters. The van der Waals surface area contributed by atoms with E-state index in [1.807, 2.05) is 59.2 Å². The van der Waals surface area contributed by atoms with Gasteiger partial charge in [0.25, 0.3) is 0 Å². The van der Waals surface area contributed by atoms with Crippen LogP contribution in [0.5, 0.6) is 0 Å². The summed E-state index contributed by atoms with van der Waals surface area (Å²) >= 11 is 0. The predicted molar refractivity (Wildman–Crippen MR) is 212 cm³/mol. The Balaban J connectivity index is 1.15. The van der Waals surface area contributed by atoms with E-state index < -0.39 is 11.7 Å². The lowest BCUT2D eigenvalue weighted by atomic mass is 10.0. The minimum atomic E-state index is -4.43. The lowest BCUT2D eigenvalue weighted by Gasteiger charge is -2.12. The van der Waals surface area contributed by atoms with Crippen LogP contribution in [0.4, 0.5) is 13.2 Å². The molecule has 10 aromatic rings. The fourth-order valence-electron chi connectivity index (χ4n) is 7.64. The van der Waals surface area contributed by atoms with E-state index in [1.165, 1.54) is 22.9 Å². The average Bonchev–Trinajstić information content (AvgIpc) is 3.73. The van der Waals surface area contributed by atoms with Crippen LogP contribution in [0, 0.1) is 0 Å². The summed E-state index contributed by atoms with van der Waals surface area (Å²) in [5.74, 6) is 0.431. The first-order valence-electron chi connectivity index (χ1n) is 17.7. The van der Waals surface area contributed by atoms with Crippen LogP contribution >= 0.6 is 0 Å². The summed E-state index contributed by atoms with van der Waals surface area (Å²) in [6.07, 6.45) is -4.43. The van der Waals surface area contributed by atoms with Gasteiger partial charge in [-0.15, -0.1) is 0 Å². The van der Waals surface area contributed by atoms with Gasteiger partial charge in [0, 0.05) is 38.4 Å². The van der Waals surface area contributed by atoms with Crippen molar-refractivity contribution in [1.82, 2.24) is 19.1 Å². The number of aromatic nitrogens is 4. The van der Waals surface area contributed by atoms with Crippen molar-refractivity contribution < 1.29 is 13.2 Å². The number of fused-ring (bicyclic) bond motifs is 6. The summed E-state index contributed by atoms with van der Waals surface area (Å²) < 4.78 is 44.7. The van der Waals surface area contributed by atoms with Crippen LogP contribution in [0.25, 0.3) is 88.9 Å². The second-order valence-corrected chi connectivity index (χ2v) is 13.4. The molecule has 3 aromatic heterocycles. The molecular formula is C47H29F3N4. The first-order valence-corrected chi connectivity index (χ1v) is 17.7. The first kappa shape index (κ1) is 31.7. The van der Waals surface area contributed by atoms with Gasteiger partial charge in [0.1, 0.15) is 0 Å². The van der Waals surface area contributed by atoms with Gasteiger partial charge in [-0.3, -0.25) is 4.57 Å². The highest BCUT2D eigenvalue weighted by atomic mass is 19.4. The van der Waals surface area contributed by atoms with Gasteiger partial charge < -0.3 is 4.57 Å². The van der Waals surface area contributed by atoms with Crippen molar-refractivity contribution in [3.63, 3.8) is 0 Å². The van der Waals surface area contributed by atoms with Gasteiger partial charge in [0.15, 0.2) is 0 Å². The Bertz CT molecular complexity index is 3020. The molecule has 4 nitrogen and oxygen atoms in total. The van der Waals surface area contributed by atoms with E-state index in [0.717, 1.165) is 67.3 Å². The van der Waals surface area contributed by atoms with Crippen molar-refractivity contribution in [3.8, 4) is 45.3 Å². The van der Waals surface area contributed by atoms with Gasteiger partial charge in [-0.25, -0.2) is 9.97 Å². The van der Waals surface area contributed by atoms with E-state index in [-0.39, 0.29) is 0 Å². The largest absolute Gasteiger partial charge is 0.416 e. The molecule has 0 fully saturated rings. The SMILES string of the molecule is FC(F)(F)c1ccc(-c2cc(-c3ccccc3)nc(-n3c4ccccc4c4cc(-c5ccc6c(c5)c5ccccc5n6-c5ccccc5)ccc43)n2)cc1. The topological polar surface area (TPSA) is 35.6 Å². The molecule has 0 N–H and O–H groups in total. The fourth-order valence-corrected chi connectivity index (χ4v) is 7.64. The van der Waals surface area contributed by atoms with E-state index in [1.54, 1.807) is 0 Å². The number of halogens is 3. The highest BCUT2D eigenvalue weighted by Crippen LogP contribution is 2.39. The minimum absolute atomic E-state index is 0.431. The van der Waals surface area contributed by atoms with Gasteiger partial charge in [0.05, 0.1) is 39.0 Å². The van der Waals surface area contributed by atoms with Crippen LogP contribution in [-0.4, -0.2) is 19.1 Å². The molecule has 0 radical (unpaired) electrons. The minimum Gasteiger partial charge on any atom is -0.309 e. The second kappa shape index (κ2) is 12.3. The lowest BCUT2D eigenvalue weighted by molar-refractivity contribution is -0.137. The number of nitrogens with zero attached hydrogens (tertiary/aromatic N) is 4. The maximum atomic E-state index is 13.5. The van der Waals surface area contributed by atoms with Crippen LogP contribution in [0.15, 0.2) is 176 Å². The third-order valence-corrected chi connectivity index (χ3v) is 10.2. The van der Waals surface area contributed by atoms with E-state index in [0.29, 0.717) is 22.9 Å². The third kappa shape index (κ3) is 5.24. The molecule has 10 rings (SSSR count). The molecule has 0 spiro atoms. The molecule has 3 heterocycles. The average molecular weight is 707 g/mol. The second-order valence-electron chi connectivity index (χ2n) is 13.4. The molecule has 0 amide bonds. The summed E-state index contributed by atoms with van der Waals surface area (Å²) in [6, 6.07) is 57.0. The first-order chi connectivity index (χ1) is 26.4. The normalized spacial score (nSPS) is 12.0. The van der Waals surface area contributed by atoms with E-state index >= 15 is 0 Å². The number of hydrogen-bond donors (Lipinski definition) is 0. The summed E-state index contributed by atoms with van der Waals surface area (Å²) in [7, 11) is 0. The van der Waals surface area contributed by atoms with Crippen LogP contribution in [0.1, 0.15) is 5.56 Å². The quantitative estimate of drug-likeness (QED) is 0.179. The van der Waals surface area contributed by atoms with Gasteiger partial charge in [0.2, 0.25) is 5.95 Å². The number of benzene rings is 7. The molecule has 54 heavy (non-hydrogen) atoms. The number of hydrogen-bond acceptors (Lipinski definition) is 2. The Morgan fingerprint density at radius 3 is 1.39 bits per heavy atom. The van der Waals surface area contributed by atoms with Crippen molar-refractivity contribution in [1.29, 1.82) is 0 Å². The summed E-state index contributed by atoms with van der Waals surface area (Å²) in [5.41, 5.74) is 9.37. The van der Waals surface area contributed by atoms with Crippen molar-refractivity contribution in [2.24, 2.45) is 0 Å². The maximum Gasteiger partial charge on any atom is 0.416 e. The van der Waals surface area contributed by atoms with Gasteiger partial charge in [-0.05, 0) is 77.9 Å². The van der Waals surface area contributed by atoms with Crippen LogP contribution in [-0.2, 0) is 6.18 Å². The molecule has 0 unspecified atom stereocenters.